The summed E-state index contributed by atoms with van der Waals surface area (Å²) in [6.45, 7) is 6.89. The summed E-state index contributed by atoms with van der Waals surface area (Å²) in [6.07, 6.45) is 15.4. The van der Waals surface area contributed by atoms with Crippen LogP contribution in [0.5, 0.6) is 0 Å². The summed E-state index contributed by atoms with van der Waals surface area (Å²) in [5.74, 6) is 1.15. The van der Waals surface area contributed by atoms with Gasteiger partial charge in [-0.1, -0.05) is 50.6 Å². The van der Waals surface area contributed by atoms with Gasteiger partial charge in [0.25, 0.3) is 0 Å². The summed E-state index contributed by atoms with van der Waals surface area (Å²) >= 11 is 0. The number of benzene rings is 1. The number of Topliss-reactive ketones (excluding diaryl/α,β-unsaturated/α-hetero) is 1. The topological polar surface area (TPSA) is 115 Å². The van der Waals surface area contributed by atoms with Crippen molar-refractivity contribution < 1.29 is 4.79 Å². The van der Waals surface area contributed by atoms with E-state index in [2.05, 4.69) is 64.1 Å². The SMILES string of the molecule is CCCCc1cn(-c2c(C(C)=O)ccn2CCC)c(=O)n1CC1(c2cccc(-c3nnn[nH]3)c2)C=CNC=C1. The van der Waals surface area contributed by atoms with Gasteiger partial charge in [-0.05, 0) is 66.7 Å². The predicted molar refractivity (Wildman–Crippen MR) is 150 cm³/mol. The van der Waals surface area contributed by atoms with Crippen molar-refractivity contribution in [3.63, 3.8) is 0 Å². The zero-order valence-corrected chi connectivity index (χ0v) is 22.6. The number of ketones is 1. The van der Waals surface area contributed by atoms with Gasteiger partial charge < -0.3 is 9.88 Å². The van der Waals surface area contributed by atoms with Gasteiger partial charge >= 0.3 is 5.69 Å². The Bertz CT molecular complexity index is 1560. The van der Waals surface area contributed by atoms with E-state index in [9.17, 15) is 9.59 Å². The molecule has 10 nitrogen and oxygen atoms in total. The highest BCUT2D eigenvalue weighted by Gasteiger charge is 2.32. The van der Waals surface area contributed by atoms with Crippen molar-refractivity contribution in [2.45, 2.75) is 65.0 Å². The zero-order valence-electron chi connectivity index (χ0n) is 22.6. The van der Waals surface area contributed by atoms with E-state index in [1.165, 1.54) is 0 Å². The Morgan fingerprint density at radius 1 is 1.10 bits per heavy atom. The molecule has 202 valence electrons. The zero-order chi connectivity index (χ0) is 27.4. The second-order valence-electron chi connectivity index (χ2n) is 9.97. The molecule has 0 aliphatic carbocycles. The maximum atomic E-state index is 14.2. The van der Waals surface area contributed by atoms with Gasteiger partial charge in [0.1, 0.15) is 5.82 Å². The Morgan fingerprint density at radius 2 is 1.92 bits per heavy atom. The molecule has 0 bridgehead atoms. The summed E-state index contributed by atoms with van der Waals surface area (Å²) < 4.78 is 5.53. The number of rotatable bonds is 11. The highest BCUT2D eigenvalue weighted by Crippen LogP contribution is 2.34. The van der Waals surface area contributed by atoms with Crippen LogP contribution in [0.1, 0.15) is 61.6 Å². The molecule has 0 fully saturated rings. The van der Waals surface area contributed by atoms with Crippen LogP contribution in [0, 0.1) is 0 Å². The highest BCUT2D eigenvalue weighted by molar-refractivity contribution is 5.97. The van der Waals surface area contributed by atoms with Crippen LogP contribution in [-0.4, -0.2) is 40.1 Å². The molecule has 1 aliphatic heterocycles. The monoisotopic (exact) mass is 526 g/mol. The minimum Gasteiger partial charge on any atom is -0.368 e. The summed E-state index contributed by atoms with van der Waals surface area (Å²) in [5, 5.41) is 17.5. The van der Waals surface area contributed by atoms with Gasteiger partial charge in [0.2, 0.25) is 0 Å². The second kappa shape index (κ2) is 11.1. The van der Waals surface area contributed by atoms with E-state index in [4.69, 9.17) is 0 Å². The third-order valence-corrected chi connectivity index (χ3v) is 7.25. The van der Waals surface area contributed by atoms with Crippen molar-refractivity contribution in [2.75, 3.05) is 0 Å². The van der Waals surface area contributed by atoms with Crippen molar-refractivity contribution in [1.82, 2.24) is 39.6 Å². The van der Waals surface area contributed by atoms with Gasteiger partial charge in [-0.25, -0.2) is 9.89 Å². The molecule has 0 atom stereocenters. The third kappa shape index (κ3) is 5.01. The maximum absolute atomic E-state index is 14.2. The molecule has 1 aromatic carbocycles. The first-order valence-electron chi connectivity index (χ1n) is 13.4. The minimum atomic E-state index is -0.597. The molecule has 10 heteroatoms. The lowest BCUT2D eigenvalue weighted by atomic mass is 9.78. The number of nitrogens with one attached hydrogen (secondary N) is 2. The van der Waals surface area contributed by atoms with Crippen LogP contribution in [0.2, 0.25) is 0 Å². The molecule has 0 spiro atoms. The summed E-state index contributed by atoms with van der Waals surface area (Å²) in [6, 6.07) is 9.85. The fourth-order valence-corrected chi connectivity index (χ4v) is 5.23. The van der Waals surface area contributed by atoms with Crippen molar-refractivity contribution in [1.29, 1.82) is 0 Å². The number of dihydropyridines is 1. The Kier molecular flexibility index (Phi) is 7.44. The molecule has 3 aromatic heterocycles. The molecule has 2 N–H and O–H groups in total. The number of H-pyrrole nitrogens is 1. The van der Waals surface area contributed by atoms with Crippen molar-refractivity contribution in [2.24, 2.45) is 0 Å². The lowest BCUT2D eigenvalue weighted by Gasteiger charge is -2.31. The molecule has 4 aromatic rings. The number of imidazole rings is 1. The molecule has 0 saturated carbocycles. The van der Waals surface area contributed by atoms with Gasteiger partial charge in [0.05, 0.1) is 11.0 Å². The predicted octanol–water partition coefficient (Wildman–Crippen LogP) is 4.14. The Morgan fingerprint density at radius 3 is 2.62 bits per heavy atom. The number of nitrogens with zero attached hydrogens (tertiary/aromatic N) is 6. The van der Waals surface area contributed by atoms with E-state index in [0.717, 1.165) is 49.0 Å². The lowest BCUT2D eigenvalue weighted by Crippen LogP contribution is -2.36. The summed E-state index contributed by atoms with van der Waals surface area (Å²) in [4.78, 5) is 26.7. The standard InChI is InChI=1S/C29H34N8O2/c1-4-6-10-24-19-36(27-25(21(3)38)11-17-35(27)16-5-2)28(39)37(24)20-29(12-14-30-15-13-29)23-9-7-8-22(18-23)26-31-33-34-32-26/h7-9,11-15,17-19,30H,4-6,10,16,20H2,1-3H3,(H,31,32,33,34). The van der Waals surface area contributed by atoms with Crippen molar-refractivity contribution in [3.8, 4) is 17.2 Å². The number of hydrogen-bond donors (Lipinski definition) is 2. The fraction of sp³-hybridized carbons (Fsp3) is 0.345. The average molecular weight is 527 g/mol. The quantitative estimate of drug-likeness (QED) is 0.284. The number of carbonyl (C=O) groups is 1. The first-order valence-corrected chi connectivity index (χ1v) is 13.4. The van der Waals surface area contributed by atoms with Crippen LogP contribution in [-0.2, 0) is 24.9 Å². The van der Waals surface area contributed by atoms with Gasteiger partial charge in [0.15, 0.2) is 11.6 Å². The lowest BCUT2D eigenvalue weighted by molar-refractivity contribution is 0.101. The fourth-order valence-electron chi connectivity index (χ4n) is 5.23. The minimum absolute atomic E-state index is 0.0611. The highest BCUT2D eigenvalue weighted by atomic mass is 16.2. The van der Waals surface area contributed by atoms with E-state index < -0.39 is 5.41 Å². The number of aromatic nitrogens is 7. The molecular formula is C29H34N8O2. The average Bonchev–Trinajstić information content (AvgIpc) is 3.69. The first kappa shape index (κ1) is 26.1. The van der Waals surface area contributed by atoms with Crippen LogP contribution in [0.4, 0.5) is 0 Å². The normalized spacial score (nSPS) is 14.0. The molecule has 0 amide bonds. The van der Waals surface area contributed by atoms with Crippen molar-refractivity contribution in [3.05, 3.63) is 94.6 Å². The summed E-state index contributed by atoms with van der Waals surface area (Å²) in [5.41, 5.74) is 2.60. The van der Waals surface area contributed by atoms with Gasteiger partial charge in [-0.3, -0.25) is 13.9 Å². The van der Waals surface area contributed by atoms with E-state index in [-0.39, 0.29) is 11.5 Å². The first-order chi connectivity index (χ1) is 19.0. The van der Waals surface area contributed by atoms with E-state index in [1.807, 2.05) is 52.1 Å². The van der Waals surface area contributed by atoms with Gasteiger partial charge in [-0.15, -0.1) is 5.10 Å². The van der Waals surface area contributed by atoms with Crippen LogP contribution in [0.25, 0.3) is 17.2 Å². The number of tetrazole rings is 1. The molecule has 5 rings (SSSR count). The smallest absolute Gasteiger partial charge is 0.334 e. The molecule has 39 heavy (non-hydrogen) atoms. The van der Waals surface area contributed by atoms with E-state index in [0.29, 0.717) is 23.8 Å². The van der Waals surface area contributed by atoms with Crippen LogP contribution in [0.3, 0.4) is 0 Å². The summed E-state index contributed by atoms with van der Waals surface area (Å²) in [7, 11) is 0. The largest absolute Gasteiger partial charge is 0.368 e. The number of hydrogen-bond acceptors (Lipinski definition) is 6. The number of carbonyl (C=O) groups excluding carboxylic acids is 1. The number of allylic oxidation sites excluding steroid dienone is 2. The van der Waals surface area contributed by atoms with Crippen molar-refractivity contribution >= 4 is 5.78 Å². The molecule has 0 saturated heterocycles. The van der Waals surface area contributed by atoms with Crippen LogP contribution >= 0.6 is 0 Å². The molecule has 0 radical (unpaired) electrons. The Labute approximate surface area is 227 Å². The van der Waals surface area contributed by atoms with Gasteiger partial charge in [0, 0.05) is 36.7 Å². The molecule has 4 heterocycles. The van der Waals surface area contributed by atoms with E-state index in [1.54, 1.807) is 11.5 Å². The Hall–Kier alpha value is -4.47. The van der Waals surface area contributed by atoms with Gasteiger partial charge in [-0.2, -0.15) is 0 Å². The molecule has 1 aliphatic rings. The van der Waals surface area contributed by atoms with E-state index >= 15 is 0 Å². The van der Waals surface area contributed by atoms with Crippen LogP contribution in [0.15, 0.2) is 72.1 Å². The number of aryl methyl sites for hydroxylation is 2. The second-order valence-corrected chi connectivity index (χ2v) is 9.97. The molecular weight excluding hydrogens is 492 g/mol. The number of unbranched alkanes of at least 4 members (excludes halogenated alkanes) is 1. The number of aromatic amines is 1. The Balaban J connectivity index is 1.65. The molecule has 0 unspecified atom stereocenters. The van der Waals surface area contributed by atoms with Crippen LogP contribution < -0.4 is 11.0 Å². The third-order valence-electron chi connectivity index (χ3n) is 7.25. The maximum Gasteiger partial charge on any atom is 0.334 e.